The first-order valence-electron chi connectivity index (χ1n) is 6.51. The van der Waals surface area contributed by atoms with Gasteiger partial charge in [-0.3, -0.25) is 0 Å². The zero-order valence-corrected chi connectivity index (χ0v) is 11.7. The van der Waals surface area contributed by atoms with Crippen LogP contribution in [0.1, 0.15) is 11.3 Å². The van der Waals surface area contributed by atoms with Gasteiger partial charge in [-0.2, -0.15) is 23.4 Å². The summed E-state index contributed by atoms with van der Waals surface area (Å²) in [6, 6.07) is 9.04. The summed E-state index contributed by atoms with van der Waals surface area (Å²) in [6.45, 7) is -0.269. The monoisotopic (exact) mass is 323 g/mol. The van der Waals surface area contributed by atoms with Gasteiger partial charge in [0.15, 0.2) is 5.69 Å². The molecule has 1 aromatic carbocycles. The molecular formula is C14H12F3N5O. The fourth-order valence-electron chi connectivity index (χ4n) is 1.73. The van der Waals surface area contributed by atoms with Crippen molar-refractivity contribution in [3.63, 3.8) is 0 Å². The summed E-state index contributed by atoms with van der Waals surface area (Å²) in [6.07, 6.45) is -4.65. The van der Waals surface area contributed by atoms with Crippen molar-refractivity contribution in [1.29, 1.82) is 5.26 Å². The van der Waals surface area contributed by atoms with E-state index in [2.05, 4.69) is 20.6 Å². The fraction of sp³-hybridized carbons (Fsp3) is 0.214. The minimum absolute atomic E-state index is 0.00946. The molecule has 0 unspecified atom stereocenters. The summed E-state index contributed by atoms with van der Waals surface area (Å²) in [5.74, 6) is -0.388. The molecule has 2 aromatic rings. The number of nitrogens with one attached hydrogen (secondary N) is 2. The molecule has 0 aliphatic rings. The lowest BCUT2D eigenvalue weighted by atomic mass is 10.2. The molecule has 120 valence electrons. The first-order valence-corrected chi connectivity index (χ1v) is 6.51. The van der Waals surface area contributed by atoms with Crippen LogP contribution in [0.3, 0.4) is 0 Å². The largest absolute Gasteiger partial charge is 0.433 e. The number of nitriles is 1. The molecule has 0 amide bonds. The second-order valence-corrected chi connectivity index (χ2v) is 4.39. The molecule has 2 rings (SSSR count). The van der Waals surface area contributed by atoms with Crippen LogP contribution in [0, 0.1) is 11.3 Å². The quantitative estimate of drug-likeness (QED) is 0.783. The molecule has 0 saturated heterocycles. The number of benzene rings is 1. The van der Waals surface area contributed by atoms with Crippen molar-refractivity contribution in [3.05, 3.63) is 41.6 Å². The van der Waals surface area contributed by atoms with Gasteiger partial charge < -0.3 is 15.7 Å². The van der Waals surface area contributed by atoms with E-state index in [0.717, 1.165) is 6.07 Å². The summed E-state index contributed by atoms with van der Waals surface area (Å²) < 4.78 is 38.7. The first kappa shape index (κ1) is 16.5. The van der Waals surface area contributed by atoms with E-state index in [4.69, 9.17) is 10.4 Å². The van der Waals surface area contributed by atoms with Gasteiger partial charge in [0.2, 0.25) is 5.95 Å². The summed E-state index contributed by atoms with van der Waals surface area (Å²) in [5.41, 5.74) is -0.538. The topological polar surface area (TPSA) is 93.9 Å². The third kappa shape index (κ3) is 4.31. The summed E-state index contributed by atoms with van der Waals surface area (Å²) in [7, 11) is 0. The minimum Gasteiger partial charge on any atom is -0.395 e. The van der Waals surface area contributed by atoms with E-state index in [9.17, 15) is 13.2 Å². The molecule has 6 nitrogen and oxygen atoms in total. The molecule has 0 bridgehead atoms. The number of hydrogen-bond donors (Lipinski definition) is 3. The molecular weight excluding hydrogens is 311 g/mol. The molecule has 0 radical (unpaired) electrons. The number of rotatable bonds is 5. The highest BCUT2D eigenvalue weighted by Gasteiger charge is 2.33. The van der Waals surface area contributed by atoms with Crippen LogP contribution in [0.15, 0.2) is 30.3 Å². The van der Waals surface area contributed by atoms with Gasteiger partial charge in [0.05, 0.1) is 17.9 Å². The zero-order chi connectivity index (χ0) is 16.9. The lowest BCUT2D eigenvalue weighted by Gasteiger charge is -2.13. The number of aliphatic hydroxyl groups is 1. The van der Waals surface area contributed by atoms with E-state index in [1.165, 1.54) is 6.07 Å². The third-order valence-electron chi connectivity index (χ3n) is 2.72. The van der Waals surface area contributed by atoms with Gasteiger partial charge in [-0.15, -0.1) is 0 Å². The number of alkyl halides is 3. The minimum atomic E-state index is -4.65. The molecule has 0 fully saturated rings. The molecule has 23 heavy (non-hydrogen) atoms. The van der Waals surface area contributed by atoms with Crippen LogP contribution in [0.5, 0.6) is 0 Å². The van der Waals surface area contributed by atoms with Crippen molar-refractivity contribution in [2.75, 3.05) is 23.8 Å². The molecule has 0 atom stereocenters. The van der Waals surface area contributed by atoms with E-state index < -0.39 is 11.9 Å². The highest BCUT2D eigenvalue weighted by molar-refractivity contribution is 5.65. The van der Waals surface area contributed by atoms with Gasteiger partial charge in [-0.1, -0.05) is 12.1 Å². The van der Waals surface area contributed by atoms with E-state index in [-0.39, 0.29) is 30.5 Å². The maximum atomic E-state index is 12.9. The van der Waals surface area contributed by atoms with Crippen LogP contribution in [-0.4, -0.2) is 28.2 Å². The first-order chi connectivity index (χ1) is 10.9. The van der Waals surface area contributed by atoms with Crippen molar-refractivity contribution >= 4 is 17.5 Å². The lowest BCUT2D eigenvalue weighted by molar-refractivity contribution is -0.141. The van der Waals surface area contributed by atoms with Gasteiger partial charge in [0, 0.05) is 12.6 Å². The van der Waals surface area contributed by atoms with Crippen LogP contribution >= 0.6 is 0 Å². The van der Waals surface area contributed by atoms with E-state index >= 15 is 0 Å². The standard InChI is InChI=1S/C14H12F3N5O/c15-14(16,17)11-7-12(22-13(21-11)19-5-6-23)20-10-4-2-1-3-9(10)8-18/h1-4,7,23H,5-6H2,(H2,19,20,21,22). The van der Waals surface area contributed by atoms with Crippen LogP contribution < -0.4 is 10.6 Å². The Labute approximate surface area is 129 Å². The van der Waals surface area contributed by atoms with E-state index in [1.54, 1.807) is 18.2 Å². The molecule has 0 spiro atoms. The van der Waals surface area contributed by atoms with Crippen molar-refractivity contribution in [3.8, 4) is 6.07 Å². The second kappa shape index (κ2) is 6.93. The van der Waals surface area contributed by atoms with E-state index in [0.29, 0.717) is 5.69 Å². The molecule has 9 heteroatoms. The molecule has 0 aliphatic heterocycles. The Hall–Kier alpha value is -2.86. The maximum absolute atomic E-state index is 12.9. The molecule has 0 saturated carbocycles. The number of nitrogens with zero attached hydrogens (tertiary/aromatic N) is 3. The number of aromatic nitrogens is 2. The Morgan fingerprint density at radius 3 is 2.61 bits per heavy atom. The number of hydrogen-bond acceptors (Lipinski definition) is 6. The number of para-hydroxylation sites is 1. The molecule has 1 heterocycles. The average Bonchev–Trinajstić information content (AvgIpc) is 2.52. The van der Waals surface area contributed by atoms with E-state index in [1.807, 2.05) is 6.07 Å². The highest BCUT2D eigenvalue weighted by atomic mass is 19.4. The second-order valence-electron chi connectivity index (χ2n) is 4.39. The summed E-state index contributed by atoms with van der Waals surface area (Å²) in [5, 5.41) is 22.9. The normalized spacial score (nSPS) is 10.9. The smallest absolute Gasteiger partial charge is 0.395 e. The fourth-order valence-corrected chi connectivity index (χ4v) is 1.73. The average molecular weight is 323 g/mol. The molecule has 0 aliphatic carbocycles. The van der Waals surface area contributed by atoms with Gasteiger partial charge in [0.25, 0.3) is 0 Å². The Morgan fingerprint density at radius 2 is 1.96 bits per heavy atom. The summed E-state index contributed by atoms with van der Waals surface area (Å²) in [4.78, 5) is 7.26. The van der Waals surface area contributed by atoms with Crippen LogP contribution in [-0.2, 0) is 6.18 Å². The predicted octanol–water partition coefficient (Wildman–Crippen LogP) is 2.51. The molecule has 3 N–H and O–H groups in total. The highest BCUT2D eigenvalue weighted by Crippen LogP contribution is 2.30. The SMILES string of the molecule is N#Cc1ccccc1Nc1cc(C(F)(F)F)nc(NCCO)n1. The van der Waals surface area contributed by atoms with Gasteiger partial charge in [-0.25, -0.2) is 4.98 Å². The van der Waals surface area contributed by atoms with Gasteiger partial charge in [-0.05, 0) is 12.1 Å². The van der Waals surface area contributed by atoms with Crippen molar-refractivity contribution in [2.24, 2.45) is 0 Å². The molecule has 1 aromatic heterocycles. The van der Waals surface area contributed by atoms with Gasteiger partial charge in [0.1, 0.15) is 11.9 Å². The lowest BCUT2D eigenvalue weighted by Crippen LogP contribution is -2.15. The zero-order valence-electron chi connectivity index (χ0n) is 11.7. The van der Waals surface area contributed by atoms with Gasteiger partial charge >= 0.3 is 6.18 Å². The maximum Gasteiger partial charge on any atom is 0.433 e. The third-order valence-corrected chi connectivity index (χ3v) is 2.72. The Kier molecular flexibility index (Phi) is 4.98. The summed E-state index contributed by atoms with van der Waals surface area (Å²) >= 11 is 0. The van der Waals surface area contributed by atoms with Crippen LogP contribution in [0.25, 0.3) is 0 Å². The predicted molar refractivity (Wildman–Crippen MR) is 77.0 cm³/mol. The van der Waals surface area contributed by atoms with Crippen molar-refractivity contribution < 1.29 is 18.3 Å². The van der Waals surface area contributed by atoms with Crippen LogP contribution in [0.4, 0.5) is 30.6 Å². The van der Waals surface area contributed by atoms with Crippen molar-refractivity contribution in [2.45, 2.75) is 6.18 Å². The Balaban J connectivity index is 2.39. The van der Waals surface area contributed by atoms with Crippen molar-refractivity contribution in [1.82, 2.24) is 9.97 Å². The number of aliphatic hydroxyl groups excluding tert-OH is 1. The van der Waals surface area contributed by atoms with Crippen LogP contribution in [0.2, 0.25) is 0 Å². The Bertz CT molecular complexity index is 727. The number of halogens is 3. The number of anilines is 3. The Morgan fingerprint density at radius 1 is 1.22 bits per heavy atom.